The van der Waals surface area contributed by atoms with Gasteiger partial charge in [0.15, 0.2) is 0 Å². The van der Waals surface area contributed by atoms with Gasteiger partial charge in [-0.1, -0.05) is 0 Å². The van der Waals surface area contributed by atoms with Crippen LogP contribution < -0.4 is 0 Å². The molecule has 0 saturated heterocycles. The third kappa shape index (κ3) is 21.0. The fraction of sp³-hybridized carbons (Fsp3) is 0. The standard InChI is InChI=1S/2CN.Cu.Fe.Ni/c2*1-2;;;. The predicted molar refractivity (Wildman–Crippen MR) is 11.2 cm³/mol. The molecule has 0 amide bonds. The molecule has 0 N–H and O–H groups in total. The van der Waals surface area contributed by atoms with Crippen LogP contribution in [0.4, 0.5) is 0 Å². The van der Waals surface area contributed by atoms with Crippen LogP contribution in [-0.2, 0) is 48.5 Å². The van der Waals surface area contributed by atoms with E-state index in [4.69, 9.17) is 10.5 Å². The molecule has 1 radical (unpaired) electrons. The molecular formula is C2CuFeN2Ni. The first-order chi connectivity index (χ1) is 2.41. The predicted octanol–water partition coefficient (Wildman–Crippen LogP) is 0.0261. The number of nitriles is 2. The van der Waals surface area contributed by atoms with Gasteiger partial charge in [0.2, 0.25) is 0 Å². The Morgan fingerprint density at radius 3 is 1.43 bits per heavy atom. The van der Waals surface area contributed by atoms with Crippen molar-refractivity contribution in [3.05, 3.63) is 0 Å². The molecule has 0 aliphatic heterocycles. The molecule has 47 valence electrons. The zero-order valence-electron chi connectivity index (χ0n) is 2.87. The van der Waals surface area contributed by atoms with Gasteiger partial charge in [0.05, 0.1) is 0 Å². The Labute approximate surface area is 68.8 Å². The molecule has 0 atom stereocenters. The third-order valence-electron chi connectivity index (χ3n) is 0.0791. The van der Waals surface area contributed by atoms with Gasteiger partial charge >= 0.3 is 35.4 Å². The topological polar surface area (TPSA) is 47.6 Å². The minimum atomic E-state index is 0. The number of hydrogen-bond acceptors (Lipinski definition) is 2. The van der Waals surface area contributed by atoms with Crippen molar-refractivity contribution in [1.29, 1.82) is 10.5 Å². The van der Waals surface area contributed by atoms with Crippen LogP contribution in [0.15, 0.2) is 0 Å². The molecule has 2 nitrogen and oxygen atoms in total. The van der Waals surface area contributed by atoms with Gasteiger partial charge in [0.1, 0.15) is 0 Å². The molecule has 7 heavy (non-hydrogen) atoms. The first-order valence-electron chi connectivity index (χ1n) is 0.801. The van der Waals surface area contributed by atoms with Crippen molar-refractivity contribution in [3.8, 4) is 9.94 Å². The fourth-order valence-corrected chi connectivity index (χ4v) is 0.0729. The average Bonchev–Trinajstić information content (AvgIpc) is 1.41. The summed E-state index contributed by atoms with van der Waals surface area (Å²) in [4.78, 5) is 3.31. The largest absolute Gasteiger partial charge is 0 e. The van der Waals surface area contributed by atoms with E-state index in [1.165, 1.54) is 0 Å². The second kappa shape index (κ2) is 16.0. The molecule has 0 unspecified atom stereocenters. The van der Waals surface area contributed by atoms with Crippen LogP contribution in [0.5, 0.6) is 0 Å². The van der Waals surface area contributed by atoms with E-state index in [1.54, 1.807) is 9.94 Å². The summed E-state index contributed by atoms with van der Waals surface area (Å²) in [7, 11) is 0. The van der Waals surface area contributed by atoms with Crippen LogP contribution >= 0.6 is 0 Å². The summed E-state index contributed by atoms with van der Waals surface area (Å²) in [6, 6.07) is 0. The second-order valence-electron chi connectivity index (χ2n) is 0.247. The molecule has 0 saturated carbocycles. The molecule has 0 spiro atoms. The molecule has 0 bridgehead atoms. The summed E-state index contributed by atoms with van der Waals surface area (Å²) < 4.78 is 0. The van der Waals surface area contributed by atoms with Crippen LogP contribution in [0, 0.1) is 20.5 Å². The number of nitrogens with zero attached hydrogens (tertiary/aromatic N) is 2. The Kier molecular flexibility index (Phi) is 35.9. The SMILES string of the molecule is N#[C][Fe][C]#N.[Cu].[Ni]. The molecule has 0 fully saturated rings. The normalized spacial score (nSPS) is 3.71. The molecule has 0 heterocycles. The summed E-state index contributed by atoms with van der Waals surface area (Å²) in [6.45, 7) is 0. The van der Waals surface area contributed by atoms with E-state index in [-0.39, 0.29) is 48.5 Å². The van der Waals surface area contributed by atoms with Crippen LogP contribution in [0.2, 0.25) is 0 Å². The van der Waals surface area contributed by atoms with Gasteiger partial charge in [-0.25, -0.2) is 0 Å². The van der Waals surface area contributed by atoms with E-state index >= 15 is 0 Å². The smallest absolute Gasteiger partial charge is 0 e. The zero-order valence-corrected chi connectivity index (χ0v) is 5.90. The Balaban J connectivity index is -0.0000000800. The molecule has 0 aliphatic rings. The zero-order chi connectivity index (χ0) is 4.12. The Morgan fingerprint density at radius 2 is 1.43 bits per heavy atom. The molecule has 0 aromatic heterocycles. The first-order valence-corrected chi connectivity index (χ1v) is 1.90. The van der Waals surface area contributed by atoms with Crippen LogP contribution in [0.1, 0.15) is 0 Å². The summed E-state index contributed by atoms with van der Waals surface area (Å²) in [5, 5.41) is 15.2. The Morgan fingerprint density at radius 1 is 1.14 bits per heavy atom. The maximum absolute atomic E-state index is 7.59. The maximum atomic E-state index is 7.59. The van der Waals surface area contributed by atoms with Gasteiger partial charge in [-0.3, -0.25) is 0 Å². The number of rotatable bonds is 0. The summed E-state index contributed by atoms with van der Waals surface area (Å²) in [6.07, 6.45) is 0. The van der Waals surface area contributed by atoms with Gasteiger partial charge in [-0.05, 0) is 0 Å². The number of hydrogen-bond donors (Lipinski definition) is 0. The minimum Gasteiger partial charge on any atom is 0 e. The van der Waals surface area contributed by atoms with Gasteiger partial charge in [0.25, 0.3) is 0 Å². The molecule has 0 rings (SSSR count). The summed E-state index contributed by atoms with van der Waals surface area (Å²) >= 11 is 0. The molecule has 0 aliphatic carbocycles. The van der Waals surface area contributed by atoms with Crippen molar-refractivity contribution >= 4 is 0 Å². The van der Waals surface area contributed by atoms with Crippen molar-refractivity contribution in [2.45, 2.75) is 0 Å². The van der Waals surface area contributed by atoms with Gasteiger partial charge in [0, 0.05) is 33.6 Å². The van der Waals surface area contributed by atoms with E-state index in [0.29, 0.717) is 0 Å². The Bertz CT molecular complexity index is 80.8. The van der Waals surface area contributed by atoms with Crippen molar-refractivity contribution in [2.75, 3.05) is 0 Å². The quantitative estimate of drug-likeness (QED) is 0.551. The van der Waals surface area contributed by atoms with E-state index in [2.05, 4.69) is 0 Å². The van der Waals surface area contributed by atoms with Crippen LogP contribution in [-0.4, -0.2) is 0 Å². The van der Waals surface area contributed by atoms with Crippen molar-refractivity contribution in [3.63, 3.8) is 0 Å². The maximum Gasteiger partial charge on any atom is 0 e. The van der Waals surface area contributed by atoms with Gasteiger partial charge < -0.3 is 0 Å². The van der Waals surface area contributed by atoms with E-state index < -0.39 is 0 Å². The van der Waals surface area contributed by atoms with Gasteiger partial charge in [-0.15, -0.1) is 0 Å². The van der Waals surface area contributed by atoms with Crippen molar-refractivity contribution in [1.82, 2.24) is 0 Å². The van der Waals surface area contributed by atoms with Crippen molar-refractivity contribution < 1.29 is 48.5 Å². The molecule has 5 heteroatoms. The monoisotopic (exact) mass is 229 g/mol. The molecular weight excluding hydrogens is 230 g/mol. The molecule has 0 aromatic carbocycles. The Hall–Kier alpha value is 0.512. The van der Waals surface area contributed by atoms with Gasteiger partial charge in [-0.2, -0.15) is 0 Å². The van der Waals surface area contributed by atoms with E-state index in [0.717, 1.165) is 0 Å². The average molecular weight is 230 g/mol. The second-order valence-corrected chi connectivity index (χ2v) is 1.02. The van der Waals surface area contributed by atoms with E-state index in [1.807, 2.05) is 0 Å². The van der Waals surface area contributed by atoms with E-state index in [9.17, 15) is 0 Å². The summed E-state index contributed by atoms with van der Waals surface area (Å²) in [5.74, 6) is 0. The molecule has 0 aromatic rings. The first kappa shape index (κ1) is 15.6. The van der Waals surface area contributed by atoms with Crippen LogP contribution in [0.3, 0.4) is 0 Å². The third-order valence-corrected chi connectivity index (χ3v) is 0.326. The minimum absolute atomic E-state index is 0. The van der Waals surface area contributed by atoms with Crippen LogP contribution in [0.25, 0.3) is 0 Å². The summed E-state index contributed by atoms with van der Waals surface area (Å²) in [5.41, 5.74) is 0. The van der Waals surface area contributed by atoms with Crippen molar-refractivity contribution in [2.24, 2.45) is 0 Å². The fourth-order valence-electron chi connectivity index (χ4n) is 0.0177.